The number of hydrogen-bond acceptors (Lipinski definition) is 12. The highest BCUT2D eigenvalue weighted by atomic mass is 33.1. The summed E-state index contributed by atoms with van der Waals surface area (Å²) in [6, 6.07) is 0. The van der Waals surface area contributed by atoms with Crippen LogP contribution in [-0.2, 0) is 49.7 Å². The van der Waals surface area contributed by atoms with Gasteiger partial charge in [0, 0.05) is 61.6 Å². The summed E-state index contributed by atoms with van der Waals surface area (Å²) in [5, 5.41) is 38.7. The fourth-order valence-corrected chi connectivity index (χ4v) is 6.93. The number of Topliss-reactive ketones (excluding diaryl/α,β-unsaturated/α-hetero) is 1. The molecular weight excluding hydrogens is 633 g/mol. The predicted octanol–water partition coefficient (Wildman–Crippen LogP) is 3.64. The summed E-state index contributed by atoms with van der Waals surface area (Å²) in [5.74, 6) is 1.34. The van der Waals surface area contributed by atoms with Crippen molar-refractivity contribution in [3.05, 3.63) is 73.2 Å². The van der Waals surface area contributed by atoms with Crippen molar-refractivity contribution in [2.24, 2.45) is 7.05 Å². The van der Waals surface area contributed by atoms with Gasteiger partial charge in [0.25, 0.3) is 5.56 Å². The quantitative estimate of drug-likeness (QED) is 0.113. The molecule has 46 heavy (non-hydrogen) atoms. The molecule has 13 nitrogen and oxygen atoms in total. The normalized spacial score (nSPS) is 11.1. The minimum absolute atomic E-state index is 0.0378. The van der Waals surface area contributed by atoms with Crippen LogP contribution >= 0.6 is 21.6 Å². The second kappa shape index (κ2) is 17.3. The smallest absolute Gasteiger partial charge is 0.332 e. The van der Waals surface area contributed by atoms with Crippen molar-refractivity contribution in [1.82, 2.24) is 28.7 Å². The minimum atomic E-state index is -0.359. The first-order valence-electron chi connectivity index (χ1n) is 14.9. The third-order valence-corrected chi connectivity index (χ3v) is 9.65. The monoisotopic (exact) mass is 674 g/mol. The van der Waals surface area contributed by atoms with Gasteiger partial charge in [0.2, 0.25) is 0 Å². The average molecular weight is 675 g/mol. The number of ketones is 1. The highest BCUT2D eigenvalue weighted by Gasteiger charge is 2.16. The Hall–Kier alpha value is -3.66. The van der Waals surface area contributed by atoms with Gasteiger partial charge in [0.1, 0.15) is 17.3 Å². The Labute approximate surface area is 274 Å². The van der Waals surface area contributed by atoms with Gasteiger partial charge in [0.05, 0.1) is 30.9 Å². The van der Waals surface area contributed by atoms with Gasteiger partial charge in [-0.15, -0.1) is 0 Å². The molecule has 0 bridgehead atoms. The van der Waals surface area contributed by atoms with Crippen molar-refractivity contribution in [1.29, 1.82) is 0 Å². The molecule has 0 spiro atoms. The lowest BCUT2D eigenvalue weighted by Crippen LogP contribution is -2.39. The Kier molecular flexibility index (Phi) is 13.9. The van der Waals surface area contributed by atoms with Crippen molar-refractivity contribution < 1.29 is 25.2 Å². The van der Waals surface area contributed by atoms with E-state index in [1.54, 1.807) is 51.1 Å². The predicted molar refractivity (Wildman–Crippen MR) is 180 cm³/mol. The molecule has 0 atom stereocenters. The molecule has 4 N–H and O–H groups in total. The molecule has 250 valence electrons. The summed E-state index contributed by atoms with van der Waals surface area (Å²) in [4.78, 5) is 48.3. The Bertz CT molecular complexity index is 1720. The van der Waals surface area contributed by atoms with Crippen LogP contribution in [0.4, 0.5) is 0 Å². The molecule has 0 aliphatic carbocycles. The lowest BCUT2D eigenvalue weighted by atomic mass is 10.1. The summed E-state index contributed by atoms with van der Waals surface area (Å²) in [6.45, 7) is 7.48. The molecule has 0 aliphatic rings. The number of nitrogens with zero attached hydrogens (tertiary/aromatic N) is 6. The highest BCUT2D eigenvalue weighted by Crippen LogP contribution is 2.35. The van der Waals surface area contributed by atoms with E-state index in [1.807, 2.05) is 6.92 Å². The van der Waals surface area contributed by atoms with Crippen molar-refractivity contribution in [3.8, 4) is 11.5 Å². The highest BCUT2D eigenvalue weighted by molar-refractivity contribution is 8.76. The van der Waals surface area contributed by atoms with Crippen LogP contribution in [0.5, 0.6) is 11.5 Å². The number of aromatic hydroxyl groups is 2. The topological polar surface area (TPSA) is 186 Å². The average Bonchev–Trinajstić information content (AvgIpc) is 3.45. The lowest BCUT2D eigenvalue weighted by Gasteiger charge is -2.12. The van der Waals surface area contributed by atoms with Crippen LogP contribution in [0, 0.1) is 13.8 Å². The molecule has 0 saturated carbocycles. The van der Waals surface area contributed by atoms with Gasteiger partial charge in [-0.25, -0.2) is 9.78 Å². The molecule has 0 radical (unpaired) electrons. The second-order valence-corrected chi connectivity index (χ2v) is 13.3. The van der Waals surface area contributed by atoms with Gasteiger partial charge < -0.3 is 29.8 Å². The number of aromatic nitrogens is 6. The minimum Gasteiger partial charge on any atom is -0.506 e. The first-order chi connectivity index (χ1) is 22.0. The maximum absolute atomic E-state index is 12.6. The molecule has 0 aliphatic heterocycles. The summed E-state index contributed by atoms with van der Waals surface area (Å²) in [7, 11) is 4.70. The molecule has 0 amide bonds. The summed E-state index contributed by atoms with van der Waals surface area (Å²) in [5.41, 5.74) is 3.79. The van der Waals surface area contributed by atoms with E-state index in [9.17, 15) is 34.8 Å². The molecule has 4 aromatic heterocycles. The zero-order chi connectivity index (χ0) is 34.0. The van der Waals surface area contributed by atoms with E-state index in [0.29, 0.717) is 77.5 Å². The third kappa shape index (κ3) is 8.78. The molecule has 15 heteroatoms. The zero-order valence-corrected chi connectivity index (χ0v) is 28.4. The fraction of sp³-hybridized carbons (Fsp3) is 0.484. The van der Waals surface area contributed by atoms with Crippen LogP contribution in [0.15, 0.2) is 28.3 Å². The Morgan fingerprint density at radius 2 is 1.41 bits per heavy atom. The number of aryl methyl sites for hydroxylation is 4. The maximum atomic E-state index is 12.6. The van der Waals surface area contributed by atoms with Crippen LogP contribution in [0.3, 0.4) is 0 Å². The van der Waals surface area contributed by atoms with E-state index < -0.39 is 0 Å². The number of unbranched alkanes of at least 4 members (excludes halogenated alkanes) is 1. The first kappa shape index (κ1) is 36.8. The standard InChI is InChI=1S/C16H20N2O4S2.C15H22N4O3/c1-9-15(21)13(5-19)11(3-17-9)7-23-24-8-12-4-18-10(2)16(22)14(12)6-20;1-4-8-18-10-16-13-12(18)14(21)19(15(22)17(13)3)9-6-5-7-11(2)20/h3-4,19-22H,5-8H2,1-2H3;10H,4-9H2,1-3H3. The summed E-state index contributed by atoms with van der Waals surface area (Å²) in [6.07, 6.45) is 7.59. The van der Waals surface area contributed by atoms with E-state index in [4.69, 9.17) is 0 Å². The zero-order valence-electron chi connectivity index (χ0n) is 26.8. The molecule has 0 unspecified atom stereocenters. The van der Waals surface area contributed by atoms with Crippen LogP contribution < -0.4 is 11.2 Å². The number of carbonyl (C=O) groups excluding carboxylic acids is 1. The van der Waals surface area contributed by atoms with Gasteiger partial charge in [-0.05, 0) is 51.2 Å². The fourth-order valence-electron chi connectivity index (χ4n) is 4.75. The number of fused-ring (bicyclic) bond motifs is 1. The molecule has 4 aromatic rings. The molecule has 4 rings (SSSR count). The largest absolute Gasteiger partial charge is 0.506 e. The van der Waals surface area contributed by atoms with Crippen molar-refractivity contribution in [2.75, 3.05) is 0 Å². The SMILES string of the molecule is CCCn1cnc2c1c(=O)n(CCCCC(C)=O)c(=O)n2C.Cc1ncc(CSSCc2cnc(C)c(O)c2CO)c(CO)c1O. The van der Waals surface area contributed by atoms with Crippen molar-refractivity contribution in [2.45, 2.75) is 91.2 Å². The lowest BCUT2D eigenvalue weighted by molar-refractivity contribution is -0.117. The summed E-state index contributed by atoms with van der Waals surface area (Å²) >= 11 is 0. The van der Waals surface area contributed by atoms with E-state index >= 15 is 0 Å². The van der Waals surface area contributed by atoms with Gasteiger partial charge in [-0.1, -0.05) is 28.5 Å². The van der Waals surface area contributed by atoms with Crippen LogP contribution in [0.1, 0.15) is 73.2 Å². The first-order valence-corrected chi connectivity index (χ1v) is 17.4. The molecule has 4 heterocycles. The van der Waals surface area contributed by atoms with Gasteiger partial charge in [0.15, 0.2) is 11.2 Å². The van der Waals surface area contributed by atoms with E-state index in [2.05, 4.69) is 15.0 Å². The van der Waals surface area contributed by atoms with E-state index in [0.717, 1.165) is 17.5 Å². The van der Waals surface area contributed by atoms with Crippen LogP contribution in [-0.4, -0.2) is 54.9 Å². The molecule has 0 fully saturated rings. The van der Waals surface area contributed by atoms with Crippen molar-refractivity contribution >= 4 is 38.5 Å². The van der Waals surface area contributed by atoms with Crippen LogP contribution in [0.25, 0.3) is 11.2 Å². The number of rotatable bonds is 14. The number of aliphatic hydroxyl groups is 2. The molecule has 0 saturated heterocycles. The number of hydrogen-bond donors (Lipinski definition) is 4. The Morgan fingerprint density at radius 1 is 0.870 bits per heavy atom. The maximum Gasteiger partial charge on any atom is 0.332 e. The number of pyridine rings is 2. The Balaban J connectivity index is 0.000000251. The van der Waals surface area contributed by atoms with Gasteiger partial charge in [-0.2, -0.15) is 0 Å². The number of imidazole rings is 1. The number of aliphatic hydroxyl groups excluding tert-OH is 2. The van der Waals surface area contributed by atoms with E-state index in [-0.39, 0.29) is 41.7 Å². The number of carbonyl (C=O) groups is 1. The molecular formula is C31H42N6O7S2. The third-order valence-electron chi connectivity index (χ3n) is 7.42. The second-order valence-electron chi connectivity index (χ2n) is 10.8. The van der Waals surface area contributed by atoms with Gasteiger partial charge >= 0.3 is 5.69 Å². The Morgan fingerprint density at radius 3 is 1.89 bits per heavy atom. The van der Waals surface area contributed by atoms with Gasteiger partial charge in [-0.3, -0.25) is 23.9 Å². The molecule has 0 aromatic carbocycles. The van der Waals surface area contributed by atoms with Crippen LogP contribution in [0.2, 0.25) is 0 Å². The van der Waals surface area contributed by atoms with E-state index in [1.165, 1.54) is 30.7 Å². The van der Waals surface area contributed by atoms with Crippen molar-refractivity contribution in [3.63, 3.8) is 0 Å². The summed E-state index contributed by atoms with van der Waals surface area (Å²) < 4.78 is 4.45.